The van der Waals surface area contributed by atoms with Gasteiger partial charge >= 0.3 is 11.9 Å². The highest BCUT2D eigenvalue weighted by Crippen LogP contribution is 2.14. The predicted octanol–water partition coefficient (Wildman–Crippen LogP) is -7.11. The van der Waals surface area contributed by atoms with Gasteiger partial charge in [-0.25, -0.2) is 0 Å². The third kappa shape index (κ3) is 28.2. The van der Waals surface area contributed by atoms with Gasteiger partial charge in [0.1, 0.15) is 66.7 Å². The first-order valence-electron chi connectivity index (χ1n) is 28.0. The van der Waals surface area contributed by atoms with Gasteiger partial charge in [0.05, 0.1) is 25.4 Å². The van der Waals surface area contributed by atoms with Crippen LogP contribution in [0.15, 0.2) is 24.3 Å². The molecule has 11 amide bonds. The van der Waals surface area contributed by atoms with Crippen LogP contribution in [0.25, 0.3) is 0 Å². The van der Waals surface area contributed by atoms with Crippen molar-refractivity contribution >= 4 is 76.9 Å². The van der Waals surface area contributed by atoms with E-state index in [1.807, 2.05) is 0 Å². The topological polar surface area (TPSA) is 568 Å². The maximum absolute atomic E-state index is 14.1. The number of benzene rings is 1. The number of aromatic hydroxyl groups is 1. The highest BCUT2D eigenvalue weighted by molar-refractivity contribution is 5.99. The molecule has 0 spiro atoms. The summed E-state index contributed by atoms with van der Waals surface area (Å²) in [5.41, 5.74) is 22.9. The van der Waals surface area contributed by atoms with Crippen molar-refractivity contribution in [2.45, 2.75) is 172 Å². The molecular weight excluding hydrogens is 1140 g/mol. The van der Waals surface area contributed by atoms with Crippen molar-refractivity contribution in [2.24, 2.45) is 34.8 Å². The number of phenols is 1. The molecule has 0 fully saturated rings. The summed E-state index contributed by atoms with van der Waals surface area (Å²) in [6.07, 6.45) is -2.50. The van der Waals surface area contributed by atoms with Gasteiger partial charge in [-0.1, -0.05) is 39.8 Å². The van der Waals surface area contributed by atoms with Crippen LogP contribution in [-0.2, 0) is 68.7 Å². The number of primary amides is 1. The number of amides is 11. The number of carbonyl (C=O) groups is 13. The fraction of sp³-hybridized carbons (Fsp3) is 0.642. The normalized spacial score (nSPS) is 15.0. The number of unbranched alkanes of at least 4 members (excludes halogenated alkanes) is 2. The van der Waals surface area contributed by atoms with Crippen LogP contribution in [0.5, 0.6) is 5.75 Å². The fourth-order valence-electron chi connectivity index (χ4n) is 8.08. The Hall–Kier alpha value is -8.11. The molecule has 1 aromatic rings. The zero-order chi connectivity index (χ0) is 65.4. The largest absolute Gasteiger partial charge is 0.508 e. The average molecular weight is 1230 g/mol. The first-order chi connectivity index (χ1) is 40.4. The molecule has 0 aliphatic carbocycles. The van der Waals surface area contributed by atoms with Crippen molar-refractivity contribution in [1.82, 2.24) is 53.2 Å². The maximum Gasteiger partial charge on any atom is 0.322 e. The second-order valence-electron chi connectivity index (χ2n) is 21.0. The highest BCUT2D eigenvalue weighted by Gasteiger charge is 2.38. The first kappa shape index (κ1) is 75.9. The van der Waals surface area contributed by atoms with Crippen LogP contribution < -0.4 is 76.1 Å². The van der Waals surface area contributed by atoms with Gasteiger partial charge in [-0.2, -0.15) is 0 Å². The number of phenolic OH excluding ortho intramolecular Hbond substituents is 1. The average Bonchev–Trinajstić information content (AvgIpc) is 3.32. The fourth-order valence-corrected chi connectivity index (χ4v) is 8.08. The van der Waals surface area contributed by atoms with Gasteiger partial charge in [-0.05, 0) is 101 Å². The van der Waals surface area contributed by atoms with Crippen LogP contribution in [-0.4, -0.2) is 207 Å². The zero-order valence-electron chi connectivity index (χ0n) is 48.9. The standard InChI is InChI=1S/C53H88N14O19/c1-26(2)41(65-48(81)35(22-29-12-14-30(71)15-13-29)62-44(77)31(56)16-19-39(73)74)51(84)61-34(17-18-38(57)72)47(80)67-43(28(5)70)53(86)66-42(27(3)4)52(85)60-33(11-7-9-21-55)46(79)63-37(25-69)50(83)64-36(24-68)49(82)59-32(10-6-8-20-54)45(78)58-23-40(75)76/h12-15,26-28,31-37,41-43,68-71H,6-11,16-25,54-56H2,1-5H3,(H2,57,72)(H,58,78)(H,59,82)(H,60,85)(H,61,84)(H,62,77)(H,63,79)(H,64,83)(H,65,81)(H,66,86)(H,67,80)(H,73,74)(H,75,76)/t28-,31+,32+,33+,34+,35+,36+,37+,41+,42+,43+/m1/s1. The Morgan fingerprint density at radius 2 is 0.837 bits per heavy atom. The minimum Gasteiger partial charge on any atom is -0.508 e. The van der Waals surface area contributed by atoms with Crippen molar-refractivity contribution in [3.05, 3.63) is 29.8 Å². The van der Waals surface area contributed by atoms with E-state index >= 15 is 0 Å². The Morgan fingerprint density at radius 1 is 0.453 bits per heavy atom. The molecular formula is C53H88N14O19. The van der Waals surface area contributed by atoms with Crippen molar-refractivity contribution < 1.29 is 93.0 Å². The number of carbonyl (C=O) groups excluding carboxylic acids is 11. The summed E-state index contributed by atoms with van der Waals surface area (Å²) in [6.45, 7) is 4.63. The molecule has 33 heteroatoms. The summed E-state index contributed by atoms with van der Waals surface area (Å²) in [5, 5.41) is 82.5. The lowest BCUT2D eigenvalue weighted by Crippen LogP contribution is -2.63. The van der Waals surface area contributed by atoms with Crippen molar-refractivity contribution in [3.63, 3.8) is 0 Å². The van der Waals surface area contributed by atoms with Crippen molar-refractivity contribution in [1.29, 1.82) is 0 Å². The van der Waals surface area contributed by atoms with Gasteiger partial charge in [-0.3, -0.25) is 62.3 Å². The van der Waals surface area contributed by atoms with Gasteiger partial charge in [0.2, 0.25) is 65.0 Å². The van der Waals surface area contributed by atoms with Crippen LogP contribution in [0.1, 0.15) is 104 Å². The Labute approximate surface area is 496 Å². The minimum absolute atomic E-state index is 0.00318. The second kappa shape index (κ2) is 39.5. The number of nitrogens with one attached hydrogen (secondary N) is 10. The minimum atomic E-state index is -1.88. The smallest absolute Gasteiger partial charge is 0.322 e. The molecule has 24 N–H and O–H groups in total. The predicted molar refractivity (Wildman–Crippen MR) is 304 cm³/mol. The zero-order valence-corrected chi connectivity index (χ0v) is 48.9. The quantitative estimate of drug-likeness (QED) is 0.0271. The Kier molecular flexibility index (Phi) is 34.9. The third-order valence-corrected chi connectivity index (χ3v) is 13.1. The van der Waals surface area contributed by atoms with E-state index in [9.17, 15) is 82.8 Å². The summed E-state index contributed by atoms with van der Waals surface area (Å²) >= 11 is 0. The van der Waals surface area contributed by atoms with E-state index in [-0.39, 0.29) is 50.9 Å². The third-order valence-electron chi connectivity index (χ3n) is 13.1. The van der Waals surface area contributed by atoms with Crippen molar-refractivity contribution in [2.75, 3.05) is 32.8 Å². The molecule has 11 atom stereocenters. The van der Waals surface area contributed by atoms with E-state index in [2.05, 4.69) is 53.2 Å². The molecule has 0 saturated carbocycles. The molecule has 0 aliphatic heterocycles. The molecule has 0 unspecified atom stereocenters. The molecule has 0 radical (unpaired) electrons. The molecule has 484 valence electrons. The number of aliphatic hydroxyl groups excluding tert-OH is 3. The van der Waals surface area contributed by atoms with Crippen LogP contribution >= 0.6 is 0 Å². The van der Waals surface area contributed by atoms with Crippen LogP contribution in [0.4, 0.5) is 0 Å². The number of carboxylic acid groups (broad SMARTS) is 2. The lowest BCUT2D eigenvalue weighted by Gasteiger charge is -2.30. The molecule has 0 heterocycles. The molecule has 1 aromatic carbocycles. The van der Waals surface area contributed by atoms with Gasteiger partial charge in [0, 0.05) is 19.3 Å². The highest BCUT2D eigenvalue weighted by atomic mass is 16.4. The molecule has 33 nitrogen and oxygen atoms in total. The van der Waals surface area contributed by atoms with Gasteiger partial charge < -0.3 is 107 Å². The summed E-state index contributed by atoms with van der Waals surface area (Å²) in [5.74, 6) is -15.5. The van der Waals surface area contributed by atoms with Crippen LogP contribution in [0.2, 0.25) is 0 Å². The number of hydrogen-bond donors (Lipinski definition) is 20. The van der Waals surface area contributed by atoms with E-state index < -0.39 is 194 Å². The van der Waals surface area contributed by atoms with E-state index in [1.54, 1.807) is 0 Å². The second-order valence-corrected chi connectivity index (χ2v) is 21.0. The Balaban J connectivity index is 3.41. The van der Waals surface area contributed by atoms with Crippen LogP contribution in [0, 0.1) is 11.8 Å². The molecule has 86 heavy (non-hydrogen) atoms. The lowest BCUT2D eigenvalue weighted by atomic mass is 9.99. The van der Waals surface area contributed by atoms with Gasteiger partial charge in [0.15, 0.2) is 0 Å². The summed E-state index contributed by atoms with van der Waals surface area (Å²) in [4.78, 5) is 170. The number of hydrogen-bond acceptors (Lipinski definition) is 20. The monoisotopic (exact) mass is 1220 g/mol. The van der Waals surface area contributed by atoms with E-state index in [0.717, 1.165) is 6.92 Å². The molecule has 0 bridgehead atoms. The van der Waals surface area contributed by atoms with E-state index in [0.29, 0.717) is 24.8 Å². The number of aliphatic hydroxyl groups is 3. The lowest BCUT2D eigenvalue weighted by molar-refractivity contribution is -0.139. The Morgan fingerprint density at radius 3 is 1.27 bits per heavy atom. The summed E-state index contributed by atoms with van der Waals surface area (Å²) in [6, 6.07) is -10.2. The van der Waals surface area contributed by atoms with E-state index in [4.69, 9.17) is 33.1 Å². The number of aliphatic carboxylic acids is 2. The van der Waals surface area contributed by atoms with Crippen molar-refractivity contribution in [3.8, 4) is 5.75 Å². The van der Waals surface area contributed by atoms with Gasteiger partial charge in [0.25, 0.3) is 0 Å². The molecule has 0 aromatic heterocycles. The number of carboxylic acids is 2. The molecule has 1 rings (SSSR count). The Bertz CT molecular complexity index is 2450. The SMILES string of the molecule is CC(C)[C@H](NC(=O)[C@H](Cc1ccc(O)cc1)NC(=O)[C@@H](N)CCC(=O)O)C(=O)N[C@@H](CCC(N)=O)C(=O)N[C@H](C(=O)N[C@H](C(=O)N[C@@H](CCCCN)C(=O)N[C@@H](CO)C(=O)N[C@@H](CO)C(=O)N[C@@H](CCCCN)C(=O)NCC(=O)O)C(C)C)[C@@H](C)O. The van der Waals surface area contributed by atoms with E-state index in [1.165, 1.54) is 52.0 Å². The summed E-state index contributed by atoms with van der Waals surface area (Å²) < 4.78 is 0. The molecule has 0 saturated heterocycles. The van der Waals surface area contributed by atoms with Gasteiger partial charge in [-0.15, -0.1) is 0 Å². The summed E-state index contributed by atoms with van der Waals surface area (Å²) in [7, 11) is 0. The van der Waals surface area contributed by atoms with Crippen LogP contribution in [0.3, 0.4) is 0 Å². The molecule has 0 aliphatic rings. The maximum atomic E-state index is 14.1. The number of rotatable bonds is 42. The first-order valence-corrected chi connectivity index (χ1v) is 28.0. The number of nitrogens with two attached hydrogens (primary N) is 4.